The van der Waals surface area contributed by atoms with Crippen molar-refractivity contribution < 1.29 is 4.79 Å². The Balaban J connectivity index is 3.07. The predicted molar refractivity (Wildman–Crippen MR) is 55.3 cm³/mol. The van der Waals surface area contributed by atoms with E-state index in [4.69, 9.17) is 11.6 Å². The van der Waals surface area contributed by atoms with Gasteiger partial charge in [-0.3, -0.25) is 4.79 Å². The Labute approximate surface area is 83.0 Å². The van der Waals surface area contributed by atoms with E-state index in [-0.39, 0.29) is 5.78 Å². The molecule has 1 nitrogen and oxygen atoms in total. The highest BCUT2D eigenvalue weighted by Gasteiger charge is 2.08. The van der Waals surface area contributed by atoms with Gasteiger partial charge in [-0.15, -0.1) is 6.58 Å². The zero-order chi connectivity index (χ0) is 9.84. The van der Waals surface area contributed by atoms with Crippen LogP contribution in [0.3, 0.4) is 0 Å². The van der Waals surface area contributed by atoms with Gasteiger partial charge in [-0.25, -0.2) is 0 Å². The lowest BCUT2D eigenvalue weighted by Gasteiger charge is -2.04. The summed E-state index contributed by atoms with van der Waals surface area (Å²) in [4.78, 5) is 11.5. The zero-order valence-electron chi connectivity index (χ0n) is 7.51. The minimum atomic E-state index is 0.0648. The lowest BCUT2D eigenvalue weighted by molar-refractivity contribution is 0.0995. The first-order valence-corrected chi connectivity index (χ1v) is 4.44. The molecule has 1 rings (SSSR count). The zero-order valence-corrected chi connectivity index (χ0v) is 8.27. The van der Waals surface area contributed by atoms with Gasteiger partial charge in [0.25, 0.3) is 0 Å². The maximum atomic E-state index is 11.5. The van der Waals surface area contributed by atoms with Crippen LogP contribution in [0.15, 0.2) is 30.9 Å². The molecule has 0 unspecified atom stereocenters. The summed E-state index contributed by atoms with van der Waals surface area (Å²) in [6.45, 7) is 5.37. The standard InChI is InChI=1S/C11H11ClO/c1-3-5-11(13)9-6-4-7-10(12)8(9)2/h3-4,6-7H,1,5H2,2H3. The molecule has 0 amide bonds. The third-order valence-corrected chi connectivity index (χ3v) is 2.31. The highest BCUT2D eigenvalue weighted by Crippen LogP contribution is 2.19. The van der Waals surface area contributed by atoms with Crippen molar-refractivity contribution in [3.8, 4) is 0 Å². The van der Waals surface area contributed by atoms with Crippen LogP contribution in [-0.4, -0.2) is 5.78 Å². The summed E-state index contributed by atoms with van der Waals surface area (Å²) in [7, 11) is 0. The Morgan fingerprint density at radius 3 is 2.92 bits per heavy atom. The fourth-order valence-electron chi connectivity index (χ4n) is 1.15. The summed E-state index contributed by atoms with van der Waals surface area (Å²) in [6.07, 6.45) is 1.96. The second-order valence-electron chi connectivity index (χ2n) is 2.83. The molecule has 0 aliphatic rings. The third-order valence-electron chi connectivity index (χ3n) is 1.90. The quantitative estimate of drug-likeness (QED) is 0.533. The third kappa shape index (κ3) is 2.19. The predicted octanol–water partition coefficient (Wildman–Crippen LogP) is 3.41. The van der Waals surface area contributed by atoms with Gasteiger partial charge in [-0.1, -0.05) is 29.8 Å². The molecule has 0 aliphatic heterocycles. The largest absolute Gasteiger partial charge is 0.294 e. The number of carbonyl (C=O) groups excluding carboxylic acids is 1. The molecule has 0 bridgehead atoms. The summed E-state index contributed by atoms with van der Waals surface area (Å²) in [5, 5.41) is 0.634. The van der Waals surface area contributed by atoms with Crippen LogP contribution in [0.1, 0.15) is 22.3 Å². The van der Waals surface area contributed by atoms with Gasteiger partial charge in [0.05, 0.1) is 0 Å². The van der Waals surface area contributed by atoms with E-state index in [0.29, 0.717) is 17.0 Å². The Bertz CT molecular complexity index is 342. The number of ketones is 1. The number of rotatable bonds is 3. The first-order valence-electron chi connectivity index (χ1n) is 4.06. The van der Waals surface area contributed by atoms with Crippen molar-refractivity contribution in [2.24, 2.45) is 0 Å². The molecule has 1 aromatic rings. The van der Waals surface area contributed by atoms with E-state index in [0.717, 1.165) is 5.56 Å². The van der Waals surface area contributed by atoms with Gasteiger partial charge in [0, 0.05) is 17.0 Å². The molecule has 1 aromatic carbocycles. The molecule has 0 radical (unpaired) electrons. The van der Waals surface area contributed by atoms with Gasteiger partial charge >= 0.3 is 0 Å². The van der Waals surface area contributed by atoms with Crippen LogP contribution in [0.4, 0.5) is 0 Å². The van der Waals surface area contributed by atoms with Crippen molar-refractivity contribution >= 4 is 17.4 Å². The first kappa shape index (κ1) is 10.0. The highest BCUT2D eigenvalue weighted by molar-refractivity contribution is 6.31. The topological polar surface area (TPSA) is 17.1 Å². The van der Waals surface area contributed by atoms with E-state index in [9.17, 15) is 4.79 Å². The van der Waals surface area contributed by atoms with Crippen molar-refractivity contribution in [1.29, 1.82) is 0 Å². The Hall–Kier alpha value is -1.08. The number of hydrogen-bond acceptors (Lipinski definition) is 1. The molecule has 13 heavy (non-hydrogen) atoms. The van der Waals surface area contributed by atoms with Crippen LogP contribution in [0.2, 0.25) is 5.02 Å². The van der Waals surface area contributed by atoms with Gasteiger partial charge in [-0.05, 0) is 18.6 Å². The molecule has 0 N–H and O–H groups in total. The summed E-state index contributed by atoms with van der Waals surface area (Å²) >= 11 is 5.88. The summed E-state index contributed by atoms with van der Waals surface area (Å²) in [5.74, 6) is 0.0648. The van der Waals surface area contributed by atoms with Crippen LogP contribution in [0.25, 0.3) is 0 Å². The molecular weight excluding hydrogens is 184 g/mol. The molecular formula is C11H11ClO. The number of Topliss-reactive ketones (excluding diaryl/α,β-unsaturated/α-hetero) is 1. The minimum absolute atomic E-state index is 0.0648. The molecule has 0 saturated carbocycles. The van der Waals surface area contributed by atoms with E-state index in [1.807, 2.05) is 6.92 Å². The van der Waals surface area contributed by atoms with E-state index in [1.165, 1.54) is 0 Å². The monoisotopic (exact) mass is 194 g/mol. The Morgan fingerprint density at radius 2 is 2.31 bits per heavy atom. The SMILES string of the molecule is C=CCC(=O)c1cccc(Cl)c1C. The molecule has 68 valence electrons. The smallest absolute Gasteiger partial charge is 0.166 e. The van der Waals surface area contributed by atoms with Crippen LogP contribution in [-0.2, 0) is 0 Å². The molecule has 0 saturated heterocycles. The highest BCUT2D eigenvalue weighted by atomic mass is 35.5. The second kappa shape index (κ2) is 4.24. The van der Waals surface area contributed by atoms with Gasteiger partial charge < -0.3 is 0 Å². The molecule has 0 spiro atoms. The molecule has 0 aliphatic carbocycles. The van der Waals surface area contributed by atoms with Gasteiger partial charge in [0.15, 0.2) is 5.78 Å². The van der Waals surface area contributed by atoms with Gasteiger partial charge in [0.1, 0.15) is 0 Å². The maximum Gasteiger partial charge on any atom is 0.166 e. The van der Waals surface area contributed by atoms with E-state index >= 15 is 0 Å². The van der Waals surface area contributed by atoms with Crippen molar-refractivity contribution in [2.45, 2.75) is 13.3 Å². The molecule has 2 heteroatoms. The van der Waals surface area contributed by atoms with Crippen LogP contribution >= 0.6 is 11.6 Å². The number of hydrogen-bond donors (Lipinski definition) is 0. The fourth-order valence-corrected chi connectivity index (χ4v) is 1.33. The summed E-state index contributed by atoms with van der Waals surface area (Å²) < 4.78 is 0. The van der Waals surface area contributed by atoms with Crippen molar-refractivity contribution in [3.05, 3.63) is 47.0 Å². The average Bonchev–Trinajstić information content (AvgIpc) is 2.10. The number of benzene rings is 1. The van der Waals surface area contributed by atoms with Crippen LogP contribution < -0.4 is 0 Å². The van der Waals surface area contributed by atoms with Crippen LogP contribution in [0, 0.1) is 6.92 Å². The average molecular weight is 195 g/mol. The van der Waals surface area contributed by atoms with E-state index in [1.54, 1.807) is 24.3 Å². The molecule has 0 heterocycles. The summed E-state index contributed by atoms with van der Waals surface area (Å²) in [6, 6.07) is 5.35. The normalized spacial score (nSPS) is 9.69. The first-order chi connectivity index (χ1) is 6.16. The van der Waals surface area contributed by atoms with E-state index in [2.05, 4.69) is 6.58 Å². The number of allylic oxidation sites excluding steroid dienone is 1. The number of carbonyl (C=O) groups is 1. The minimum Gasteiger partial charge on any atom is -0.294 e. The van der Waals surface area contributed by atoms with E-state index < -0.39 is 0 Å². The van der Waals surface area contributed by atoms with Crippen LogP contribution in [0.5, 0.6) is 0 Å². The Kier molecular flexibility index (Phi) is 3.26. The summed E-state index contributed by atoms with van der Waals surface area (Å²) in [5.41, 5.74) is 1.53. The lowest BCUT2D eigenvalue weighted by Crippen LogP contribution is -2.00. The fraction of sp³-hybridized carbons (Fsp3) is 0.182. The second-order valence-corrected chi connectivity index (χ2v) is 3.24. The van der Waals surface area contributed by atoms with Gasteiger partial charge in [0.2, 0.25) is 0 Å². The van der Waals surface area contributed by atoms with Gasteiger partial charge in [-0.2, -0.15) is 0 Å². The number of halogens is 1. The van der Waals surface area contributed by atoms with Crippen molar-refractivity contribution in [2.75, 3.05) is 0 Å². The maximum absolute atomic E-state index is 11.5. The molecule has 0 atom stereocenters. The lowest BCUT2D eigenvalue weighted by atomic mass is 10.0. The molecule has 0 fully saturated rings. The Morgan fingerprint density at radius 1 is 1.62 bits per heavy atom. The van der Waals surface area contributed by atoms with Crippen molar-refractivity contribution in [1.82, 2.24) is 0 Å². The van der Waals surface area contributed by atoms with Crippen molar-refractivity contribution in [3.63, 3.8) is 0 Å². The molecule has 0 aromatic heterocycles.